The van der Waals surface area contributed by atoms with Gasteiger partial charge in [0.1, 0.15) is 22.3 Å². The minimum absolute atomic E-state index is 0.00855. The number of imidazole rings is 1. The van der Waals surface area contributed by atoms with Crippen LogP contribution in [0.1, 0.15) is 17.0 Å². The van der Waals surface area contributed by atoms with Gasteiger partial charge in [0.05, 0.1) is 10.6 Å². The highest BCUT2D eigenvalue weighted by atomic mass is 32.1. The summed E-state index contributed by atoms with van der Waals surface area (Å²) in [5.74, 6) is 0. The molecular formula is C25H22F3N5S. The molecule has 3 aromatic heterocycles. The summed E-state index contributed by atoms with van der Waals surface area (Å²) in [6, 6.07) is 19.8. The average Bonchev–Trinajstić information content (AvgIpc) is 3.36. The van der Waals surface area contributed by atoms with E-state index >= 15 is 0 Å². The molecule has 0 radical (unpaired) electrons. The number of pyridine rings is 1. The third-order valence-corrected chi connectivity index (χ3v) is 7.09. The Morgan fingerprint density at radius 3 is 2.50 bits per heavy atom. The summed E-state index contributed by atoms with van der Waals surface area (Å²) in [6.45, 7) is 1.32. The molecule has 34 heavy (non-hydrogen) atoms. The molecule has 0 spiro atoms. The van der Waals surface area contributed by atoms with Crippen LogP contribution in [0, 0.1) is 11.3 Å². The molecule has 1 aliphatic heterocycles. The van der Waals surface area contributed by atoms with Gasteiger partial charge in [-0.15, -0.1) is 11.3 Å². The lowest BCUT2D eigenvalue weighted by atomic mass is 10.1. The van der Waals surface area contributed by atoms with Crippen LogP contribution in [0.25, 0.3) is 27.3 Å². The van der Waals surface area contributed by atoms with Gasteiger partial charge in [-0.05, 0) is 48.4 Å². The maximum atomic E-state index is 13.2. The lowest BCUT2D eigenvalue weighted by molar-refractivity contribution is -0.244. The van der Waals surface area contributed by atoms with Crippen LogP contribution in [0.2, 0.25) is 0 Å². The minimum Gasteiger partial charge on any atom is -0.301 e. The lowest BCUT2D eigenvalue weighted by Crippen LogP contribution is -2.40. The SMILES string of the molecule is N#Cc1ccc(-c2nc3ccc(-c4ccccc4)cn3c2CN2CCCN(C(F)(F)F)CC2)s1. The molecule has 5 rings (SSSR count). The van der Waals surface area contributed by atoms with Gasteiger partial charge in [0.2, 0.25) is 0 Å². The van der Waals surface area contributed by atoms with Crippen LogP contribution < -0.4 is 0 Å². The smallest absolute Gasteiger partial charge is 0.301 e. The molecule has 1 saturated heterocycles. The van der Waals surface area contributed by atoms with Crippen molar-refractivity contribution >= 4 is 17.0 Å². The van der Waals surface area contributed by atoms with E-state index < -0.39 is 6.30 Å². The quantitative estimate of drug-likeness (QED) is 0.355. The van der Waals surface area contributed by atoms with Crippen molar-refractivity contribution in [3.8, 4) is 27.8 Å². The highest BCUT2D eigenvalue weighted by Crippen LogP contribution is 2.33. The van der Waals surface area contributed by atoms with Crippen LogP contribution in [0.4, 0.5) is 13.2 Å². The Balaban J connectivity index is 1.54. The summed E-state index contributed by atoms with van der Waals surface area (Å²) in [5, 5.41) is 9.28. The van der Waals surface area contributed by atoms with E-state index in [1.54, 1.807) is 6.07 Å². The van der Waals surface area contributed by atoms with Gasteiger partial charge in [-0.25, -0.2) is 9.88 Å². The molecule has 5 nitrogen and oxygen atoms in total. The van der Waals surface area contributed by atoms with E-state index in [2.05, 4.69) is 11.0 Å². The molecule has 0 unspecified atom stereocenters. The highest BCUT2D eigenvalue weighted by Gasteiger charge is 2.37. The molecule has 0 bridgehead atoms. The Kier molecular flexibility index (Phi) is 6.13. The number of nitrogens with zero attached hydrogens (tertiary/aromatic N) is 5. The van der Waals surface area contributed by atoms with E-state index in [-0.39, 0.29) is 13.1 Å². The normalized spacial score (nSPS) is 15.9. The van der Waals surface area contributed by atoms with E-state index in [0.717, 1.165) is 33.0 Å². The number of halogens is 3. The second-order valence-corrected chi connectivity index (χ2v) is 9.36. The summed E-state index contributed by atoms with van der Waals surface area (Å²) in [7, 11) is 0. The van der Waals surface area contributed by atoms with Crippen molar-refractivity contribution in [2.24, 2.45) is 0 Å². The fraction of sp³-hybridized carbons (Fsp3) is 0.280. The third-order valence-electron chi connectivity index (χ3n) is 6.09. The topological polar surface area (TPSA) is 47.6 Å². The molecule has 0 atom stereocenters. The van der Waals surface area contributed by atoms with E-state index in [1.165, 1.54) is 11.3 Å². The Hall–Kier alpha value is -3.19. The van der Waals surface area contributed by atoms with Crippen molar-refractivity contribution < 1.29 is 13.2 Å². The molecule has 174 valence electrons. The Morgan fingerprint density at radius 2 is 1.76 bits per heavy atom. The standard InChI is InChI=1S/C25H22F3N5S/c26-25(27,28)32-12-4-11-31(13-14-32)17-21-24(22-9-8-20(15-29)34-22)30-23-10-7-19(16-33(21)23)18-5-2-1-3-6-18/h1-3,5-10,16H,4,11-14,17H2. The zero-order valence-electron chi connectivity index (χ0n) is 18.3. The monoisotopic (exact) mass is 481 g/mol. The predicted molar refractivity (Wildman–Crippen MR) is 126 cm³/mol. The molecule has 9 heteroatoms. The summed E-state index contributed by atoms with van der Waals surface area (Å²) in [5.41, 5.74) is 4.56. The number of benzene rings is 1. The van der Waals surface area contributed by atoms with Crippen molar-refractivity contribution in [3.63, 3.8) is 0 Å². The number of hydrogen-bond donors (Lipinski definition) is 0. The largest absolute Gasteiger partial charge is 0.459 e. The molecule has 1 aromatic carbocycles. The molecule has 4 heterocycles. The van der Waals surface area contributed by atoms with E-state index in [0.29, 0.717) is 35.8 Å². The molecular weight excluding hydrogens is 459 g/mol. The first-order chi connectivity index (χ1) is 16.4. The number of hydrogen-bond acceptors (Lipinski definition) is 5. The second-order valence-electron chi connectivity index (χ2n) is 8.28. The van der Waals surface area contributed by atoms with Gasteiger partial charge in [0, 0.05) is 32.4 Å². The number of thiophene rings is 1. The van der Waals surface area contributed by atoms with Crippen molar-refractivity contribution in [2.75, 3.05) is 26.2 Å². The predicted octanol–water partition coefficient (Wildman–Crippen LogP) is 5.63. The fourth-order valence-corrected chi connectivity index (χ4v) is 5.18. The van der Waals surface area contributed by atoms with Crippen molar-refractivity contribution in [1.29, 1.82) is 5.26 Å². The van der Waals surface area contributed by atoms with Gasteiger partial charge in [-0.2, -0.15) is 18.4 Å². The summed E-state index contributed by atoms with van der Waals surface area (Å²) >= 11 is 1.37. The molecule has 0 N–H and O–H groups in total. The van der Waals surface area contributed by atoms with Crippen LogP contribution in [0.5, 0.6) is 0 Å². The molecule has 0 saturated carbocycles. The first-order valence-electron chi connectivity index (χ1n) is 11.0. The van der Waals surface area contributed by atoms with Gasteiger partial charge in [0.15, 0.2) is 0 Å². The van der Waals surface area contributed by atoms with E-state index in [1.807, 2.05) is 59.1 Å². The van der Waals surface area contributed by atoms with Crippen LogP contribution in [0.3, 0.4) is 0 Å². The van der Waals surface area contributed by atoms with Gasteiger partial charge in [-0.1, -0.05) is 30.3 Å². The zero-order valence-corrected chi connectivity index (χ0v) is 19.1. The summed E-state index contributed by atoms with van der Waals surface area (Å²) < 4.78 is 41.7. The lowest BCUT2D eigenvalue weighted by Gasteiger charge is -2.23. The molecule has 0 aliphatic carbocycles. The molecule has 0 amide bonds. The average molecular weight is 482 g/mol. The zero-order chi connectivity index (χ0) is 23.7. The van der Waals surface area contributed by atoms with Gasteiger partial charge in [-0.3, -0.25) is 4.90 Å². The van der Waals surface area contributed by atoms with Crippen LogP contribution in [-0.2, 0) is 6.54 Å². The van der Waals surface area contributed by atoms with Crippen molar-refractivity contribution in [2.45, 2.75) is 19.3 Å². The first-order valence-corrected chi connectivity index (χ1v) is 11.8. The minimum atomic E-state index is -4.31. The van der Waals surface area contributed by atoms with Crippen molar-refractivity contribution in [1.82, 2.24) is 19.2 Å². The fourth-order valence-electron chi connectivity index (χ4n) is 4.36. The Labute approximate surface area is 199 Å². The molecule has 4 aromatic rings. The number of alkyl halides is 3. The van der Waals surface area contributed by atoms with Crippen LogP contribution in [-0.4, -0.2) is 51.7 Å². The van der Waals surface area contributed by atoms with E-state index in [9.17, 15) is 18.4 Å². The Morgan fingerprint density at radius 1 is 0.941 bits per heavy atom. The summed E-state index contributed by atoms with van der Waals surface area (Å²) in [4.78, 5) is 8.98. The number of aromatic nitrogens is 2. The summed E-state index contributed by atoms with van der Waals surface area (Å²) in [6.07, 6.45) is -1.83. The second kappa shape index (κ2) is 9.22. The highest BCUT2D eigenvalue weighted by molar-refractivity contribution is 7.16. The first kappa shape index (κ1) is 22.6. The molecule has 1 fully saturated rings. The Bertz CT molecular complexity index is 1340. The van der Waals surface area contributed by atoms with Crippen molar-refractivity contribution in [3.05, 3.63) is 71.4 Å². The maximum Gasteiger partial charge on any atom is 0.459 e. The van der Waals surface area contributed by atoms with Crippen LogP contribution in [0.15, 0.2) is 60.8 Å². The number of rotatable bonds is 4. The maximum absolute atomic E-state index is 13.2. The van der Waals surface area contributed by atoms with Gasteiger partial charge >= 0.3 is 6.30 Å². The molecule has 1 aliphatic rings. The van der Waals surface area contributed by atoms with E-state index in [4.69, 9.17) is 4.98 Å². The third kappa shape index (κ3) is 4.57. The number of fused-ring (bicyclic) bond motifs is 1. The van der Waals surface area contributed by atoms with Gasteiger partial charge < -0.3 is 4.40 Å². The van der Waals surface area contributed by atoms with Gasteiger partial charge in [0.25, 0.3) is 0 Å². The number of nitriles is 1. The van der Waals surface area contributed by atoms with Crippen LogP contribution >= 0.6 is 11.3 Å².